The first kappa shape index (κ1) is 15.3. The van der Waals surface area contributed by atoms with Gasteiger partial charge >= 0.3 is 0 Å². The Morgan fingerprint density at radius 2 is 2.15 bits per heavy atom. The van der Waals surface area contributed by atoms with Crippen LogP contribution in [0.15, 0.2) is 24.3 Å². The predicted octanol–water partition coefficient (Wildman–Crippen LogP) is 3.05. The van der Waals surface area contributed by atoms with E-state index in [-0.39, 0.29) is 0 Å². The third kappa shape index (κ3) is 4.22. The van der Waals surface area contributed by atoms with Gasteiger partial charge in [-0.25, -0.2) is 0 Å². The summed E-state index contributed by atoms with van der Waals surface area (Å²) >= 11 is 0. The molecule has 0 aliphatic carbocycles. The molecule has 1 aliphatic heterocycles. The van der Waals surface area contributed by atoms with E-state index in [0.717, 1.165) is 31.5 Å². The Bertz CT molecular complexity index is 394. The average Bonchev–Trinajstić information content (AvgIpc) is 2.50. The molecule has 0 amide bonds. The van der Waals surface area contributed by atoms with E-state index >= 15 is 0 Å². The van der Waals surface area contributed by atoms with Crippen molar-refractivity contribution in [2.45, 2.75) is 45.2 Å². The number of benzene rings is 1. The van der Waals surface area contributed by atoms with Gasteiger partial charge in [0.25, 0.3) is 0 Å². The van der Waals surface area contributed by atoms with E-state index in [0.29, 0.717) is 0 Å². The maximum Gasteiger partial charge on any atom is 0.123 e. The molecular formula is C17H28N2O. The van der Waals surface area contributed by atoms with Crippen molar-refractivity contribution in [1.82, 2.24) is 10.2 Å². The number of hydrogen-bond donors (Lipinski definition) is 1. The predicted molar refractivity (Wildman–Crippen MR) is 84.2 cm³/mol. The second kappa shape index (κ2) is 8.28. The van der Waals surface area contributed by atoms with Gasteiger partial charge in [-0.2, -0.15) is 0 Å². The van der Waals surface area contributed by atoms with Gasteiger partial charge in [-0.05, 0) is 38.9 Å². The second-order valence-corrected chi connectivity index (χ2v) is 5.58. The first-order valence-corrected chi connectivity index (χ1v) is 7.94. The van der Waals surface area contributed by atoms with Crippen molar-refractivity contribution in [1.29, 1.82) is 0 Å². The Morgan fingerprint density at radius 1 is 1.30 bits per heavy atom. The highest BCUT2D eigenvalue weighted by Gasteiger charge is 2.20. The Morgan fingerprint density at radius 3 is 2.95 bits per heavy atom. The summed E-state index contributed by atoms with van der Waals surface area (Å²) < 4.78 is 6.00. The van der Waals surface area contributed by atoms with Crippen LogP contribution in [0.3, 0.4) is 0 Å². The van der Waals surface area contributed by atoms with E-state index in [9.17, 15) is 0 Å². The number of piperidine rings is 1. The van der Waals surface area contributed by atoms with Crippen molar-refractivity contribution in [3.05, 3.63) is 29.8 Å². The van der Waals surface area contributed by atoms with Crippen LogP contribution in [0, 0.1) is 0 Å². The van der Waals surface area contributed by atoms with Crippen molar-refractivity contribution in [2.75, 3.05) is 26.7 Å². The third-order valence-corrected chi connectivity index (χ3v) is 4.20. The van der Waals surface area contributed by atoms with Crippen LogP contribution in [0.1, 0.15) is 38.2 Å². The van der Waals surface area contributed by atoms with Crippen molar-refractivity contribution in [3.8, 4) is 5.75 Å². The van der Waals surface area contributed by atoms with E-state index in [2.05, 4.69) is 35.3 Å². The molecule has 112 valence electrons. The molecule has 0 saturated carbocycles. The zero-order chi connectivity index (χ0) is 14.2. The number of likely N-dealkylation sites (tertiary alicyclic amines) is 1. The maximum atomic E-state index is 6.00. The topological polar surface area (TPSA) is 24.5 Å². The fourth-order valence-electron chi connectivity index (χ4n) is 3.07. The summed E-state index contributed by atoms with van der Waals surface area (Å²) in [5.74, 6) is 1.02. The molecule has 1 unspecified atom stereocenters. The lowest BCUT2D eigenvalue weighted by atomic mass is 10.0. The molecule has 1 heterocycles. The van der Waals surface area contributed by atoms with Crippen molar-refractivity contribution in [3.63, 3.8) is 0 Å². The Kier molecular flexibility index (Phi) is 6.34. The van der Waals surface area contributed by atoms with Gasteiger partial charge in [0.2, 0.25) is 0 Å². The normalized spacial score (nSPS) is 20.0. The first-order chi connectivity index (χ1) is 9.85. The molecule has 0 aromatic heterocycles. The van der Waals surface area contributed by atoms with Crippen molar-refractivity contribution >= 4 is 0 Å². The molecule has 0 spiro atoms. The summed E-state index contributed by atoms with van der Waals surface area (Å²) in [6.07, 6.45) is 5.34. The van der Waals surface area contributed by atoms with Crippen molar-refractivity contribution < 1.29 is 4.74 Å². The molecule has 0 bridgehead atoms. The zero-order valence-electron chi connectivity index (χ0n) is 12.9. The van der Waals surface area contributed by atoms with Crippen LogP contribution in [0.4, 0.5) is 0 Å². The lowest BCUT2D eigenvalue weighted by molar-refractivity contribution is 0.120. The largest absolute Gasteiger partial charge is 0.492 e. The Hall–Kier alpha value is -1.06. The van der Waals surface area contributed by atoms with Crippen molar-refractivity contribution in [2.24, 2.45) is 0 Å². The molecule has 2 rings (SSSR count). The smallest absolute Gasteiger partial charge is 0.123 e. The Labute approximate surface area is 123 Å². The summed E-state index contributed by atoms with van der Waals surface area (Å²) in [6.45, 7) is 6.23. The fraction of sp³-hybridized carbons (Fsp3) is 0.647. The molecule has 1 N–H and O–H groups in total. The monoisotopic (exact) mass is 276 g/mol. The summed E-state index contributed by atoms with van der Waals surface area (Å²) in [5.41, 5.74) is 1.24. The minimum Gasteiger partial charge on any atom is -0.492 e. The first-order valence-electron chi connectivity index (χ1n) is 7.94. The molecule has 1 aliphatic rings. The summed E-state index contributed by atoms with van der Waals surface area (Å²) in [4.78, 5) is 2.60. The molecule has 1 atom stereocenters. The van der Waals surface area contributed by atoms with Gasteiger partial charge in [-0.3, -0.25) is 4.90 Å². The number of para-hydroxylation sites is 1. The summed E-state index contributed by atoms with van der Waals surface area (Å²) in [5, 5.41) is 3.19. The van der Waals surface area contributed by atoms with Gasteiger partial charge in [0, 0.05) is 24.7 Å². The molecule has 20 heavy (non-hydrogen) atoms. The van der Waals surface area contributed by atoms with Gasteiger partial charge in [-0.15, -0.1) is 0 Å². The number of rotatable bonds is 7. The molecule has 1 aromatic carbocycles. The van der Waals surface area contributed by atoms with E-state index in [4.69, 9.17) is 4.74 Å². The molecule has 1 saturated heterocycles. The molecule has 1 aromatic rings. The van der Waals surface area contributed by atoms with E-state index in [1.807, 2.05) is 13.1 Å². The van der Waals surface area contributed by atoms with Crippen LogP contribution in [0.25, 0.3) is 0 Å². The lowest BCUT2D eigenvalue weighted by Crippen LogP contribution is -2.41. The van der Waals surface area contributed by atoms with Gasteiger partial charge in [0.05, 0.1) is 0 Å². The second-order valence-electron chi connectivity index (χ2n) is 5.58. The minimum atomic E-state index is 0.764. The minimum absolute atomic E-state index is 0.764. The number of ether oxygens (including phenoxy) is 1. The summed E-state index contributed by atoms with van der Waals surface area (Å²) in [6, 6.07) is 9.07. The standard InChI is InChI=1S/C17H28N2O/c1-3-16-9-6-7-11-19(16)12-13-20-17-10-5-4-8-15(17)14-18-2/h4-5,8,10,16,18H,3,6-7,9,11-14H2,1-2H3. The van der Waals surface area contributed by atoms with Crippen LogP contribution in [0.5, 0.6) is 5.75 Å². The molecule has 3 heteroatoms. The molecule has 3 nitrogen and oxygen atoms in total. The highest BCUT2D eigenvalue weighted by Crippen LogP contribution is 2.20. The van der Waals surface area contributed by atoms with Crippen LogP contribution >= 0.6 is 0 Å². The third-order valence-electron chi connectivity index (χ3n) is 4.20. The van der Waals surface area contributed by atoms with Gasteiger partial charge in [-0.1, -0.05) is 31.5 Å². The lowest BCUT2D eigenvalue weighted by Gasteiger charge is -2.35. The quantitative estimate of drug-likeness (QED) is 0.828. The SMILES string of the molecule is CCC1CCCCN1CCOc1ccccc1CNC. The highest BCUT2D eigenvalue weighted by atomic mass is 16.5. The van der Waals surface area contributed by atoms with Gasteiger partial charge < -0.3 is 10.1 Å². The van der Waals surface area contributed by atoms with E-state index < -0.39 is 0 Å². The fourth-order valence-corrected chi connectivity index (χ4v) is 3.07. The van der Waals surface area contributed by atoms with E-state index in [1.165, 1.54) is 37.8 Å². The maximum absolute atomic E-state index is 6.00. The highest BCUT2D eigenvalue weighted by molar-refractivity contribution is 5.33. The van der Waals surface area contributed by atoms with Crippen LogP contribution in [-0.4, -0.2) is 37.7 Å². The summed E-state index contributed by atoms with van der Waals surface area (Å²) in [7, 11) is 1.97. The van der Waals surface area contributed by atoms with Gasteiger partial charge in [0.15, 0.2) is 0 Å². The molecular weight excluding hydrogens is 248 g/mol. The van der Waals surface area contributed by atoms with Crippen LogP contribution < -0.4 is 10.1 Å². The van der Waals surface area contributed by atoms with Crippen LogP contribution in [0.2, 0.25) is 0 Å². The number of hydrogen-bond acceptors (Lipinski definition) is 3. The van der Waals surface area contributed by atoms with Gasteiger partial charge in [0.1, 0.15) is 12.4 Å². The molecule has 0 radical (unpaired) electrons. The van der Waals surface area contributed by atoms with E-state index in [1.54, 1.807) is 0 Å². The number of nitrogens with one attached hydrogen (secondary N) is 1. The number of nitrogens with zero attached hydrogens (tertiary/aromatic N) is 1. The van der Waals surface area contributed by atoms with Crippen LogP contribution in [-0.2, 0) is 6.54 Å². The Balaban J connectivity index is 1.83. The zero-order valence-corrected chi connectivity index (χ0v) is 12.9. The average molecular weight is 276 g/mol. The molecule has 1 fully saturated rings.